The summed E-state index contributed by atoms with van der Waals surface area (Å²) in [6.45, 7) is 1.90. The molecule has 0 aliphatic heterocycles. The molecule has 1 aromatic heterocycles. The number of hydrogen-bond donors (Lipinski definition) is 0. The van der Waals surface area contributed by atoms with Gasteiger partial charge < -0.3 is 4.57 Å². The molecule has 52 valence electrons. The molecule has 2 heteroatoms. The second-order valence-corrected chi connectivity index (χ2v) is 2.39. The predicted octanol–water partition coefficient (Wildman–Crippen LogP) is 1.65. The highest BCUT2D eigenvalue weighted by Crippen LogP contribution is 2.12. The van der Waals surface area contributed by atoms with E-state index in [1.165, 1.54) is 0 Å². The van der Waals surface area contributed by atoms with Crippen molar-refractivity contribution in [2.75, 3.05) is 0 Å². The van der Waals surface area contributed by atoms with Gasteiger partial charge in [0, 0.05) is 18.9 Å². The quantitative estimate of drug-likeness (QED) is 0.574. The summed E-state index contributed by atoms with van der Waals surface area (Å²) in [5, 5.41) is 8.57. The molecule has 0 aliphatic rings. The van der Waals surface area contributed by atoms with Gasteiger partial charge in [0.2, 0.25) is 0 Å². The van der Waals surface area contributed by atoms with Crippen molar-refractivity contribution in [3.8, 4) is 6.07 Å². The number of aryl methyl sites for hydroxylation is 1. The zero-order valence-electron chi connectivity index (χ0n) is 6.20. The maximum Gasteiger partial charge on any atom is 0.0836 e. The monoisotopic (exact) mass is 134 g/mol. The average Bonchev–Trinajstić information content (AvgIpc) is 2.34. The fourth-order valence-electron chi connectivity index (χ4n) is 0.990. The Balaban J connectivity index is 2.96. The minimum absolute atomic E-state index is 0.000000000000000666. The van der Waals surface area contributed by atoms with Gasteiger partial charge in [0.05, 0.1) is 12.0 Å². The summed E-state index contributed by atoms with van der Waals surface area (Å²) in [5.74, 6) is -0.000000000000000666. The van der Waals surface area contributed by atoms with Crippen molar-refractivity contribution in [3.63, 3.8) is 0 Å². The second kappa shape index (κ2) is 2.57. The van der Waals surface area contributed by atoms with E-state index in [9.17, 15) is 0 Å². The Morgan fingerprint density at radius 3 is 2.80 bits per heavy atom. The van der Waals surface area contributed by atoms with Crippen molar-refractivity contribution in [1.82, 2.24) is 4.57 Å². The molecule has 0 radical (unpaired) electrons. The first-order valence-electron chi connectivity index (χ1n) is 3.26. The molecule has 2 nitrogen and oxygen atoms in total. The number of aromatic nitrogens is 1. The lowest BCUT2D eigenvalue weighted by molar-refractivity contribution is 0.793. The zero-order valence-corrected chi connectivity index (χ0v) is 6.20. The number of nitrogens with zero attached hydrogens (tertiary/aromatic N) is 2. The maximum absolute atomic E-state index is 8.57. The molecule has 1 atom stereocenters. The fraction of sp³-hybridized carbons (Fsp3) is 0.375. The Morgan fingerprint density at radius 2 is 2.40 bits per heavy atom. The molecule has 0 bridgehead atoms. The van der Waals surface area contributed by atoms with E-state index < -0.39 is 0 Å². The molecule has 0 spiro atoms. The van der Waals surface area contributed by atoms with Gasteiger partial charge >= 0.3 is 0 Å². The highest BCUT2D eigenvalue weighted by atomic mass is 14.9. The Labute approximate surface area is 60.7 Å². The predicted molar refractivity (Wildman–Crippen MR) is 39.4 cm³/mol. The van der Waals surface area contributed by atoms with Gasteiger partial charge in [-0.3, -0.25) is 0 Å². The van der Waals surface area contributed by atoms with Crippen LogP contribution in [0.15, 0.2) is 18.3 Å². The van der Waals surface area contributed by atoms with Gasteiger partial charge in [-0.1, -0.05) is 0 Å². The van der Waals surface area contributed by atoms with E-state index in [0.717, 1.165) is 5.69 Å². The summed E-state index contributed by atoms with van der Waals surface area (Å²) >= 11 is 0. The van der Waals surface area contributed by atoms with Gasteiger partial charge in [0.25, 0.3) is 0 Å². The number of rotatable bonds is 1. The van der Waals surface area contributed by atoms with Gasteiger partial charge in [-0.15, -0.1) is 0 Å². The van der Waals surface area contributed by atoms with Crippen molar-refractivity contribution >= 4 is 0 Å². The van der Waals surface area contributed by atoms with Crippen LogP contribution in [-0.2, 0) is 7.05 Å². The molecule has 0 saturated heterocycles. The van der Waals surface area contributed by atoms with Gasteiger partial charge in [0.1, 0.15) is 0 Å². The third kappa shape index (κ3) is 1.03. The Kier molecular flexibility index (Phi) is 1.77. The Bertz CT molecular complexity index is 254. The molecule has 0 N–H and O–H groups in total. The highest BCUT2D eigenvalue weighted by Gasteiger charge is 2.04. The van der Waals surface area contributed by atoms with Crippen LogP contribution in [0.1, 0.15) is 18.5 Å². The average molecular weight is 134 g/mol. The molecule has 0 aromatic carbocycles. The SMILES string of the molecule is CC(C#N)c1cccn1C. The first-order valence-corrected chi connectivity index (χ1v) is 3.26. The topological polar surface area (TPSA) is 28.7 Å². The first kappa shape index (κ1) is 6.88. The van der Waals surface area contributed by atoms with Crippen LogP contribution in [0.3, 0.4) is 0 Å². The lowest BCUT2D eigenvalue weighted by Gasteiger charge is -2.02. The van der Waals surface area contributed by atoms with Crippen molar-refractivity contribution in [2.24, 2.45) is 7.05 Å². The van der Waals surface area contributed by atoms with Crippen LogP contribution in [-0.4, -0.2) is 4.57 Å². The molecule has 10 heavy (non-hydrogen) atoms. The van der Waals surface area contributed by atoms with Crippen molar-refractivity contribution < 1.29 is 0 Å². The van der Waals surface area contributed by atoms with Crippen LogP contribution in [0.4, 0.5) is 0 Å². The summed E-state index contributed by atoms with van der Waals surface area (Å²) in [5.41, 5.74) is 1.07. The summed E-state index contributed by atoms with van der Waals surface area (Å²) in [4.78, 5) is 0. The molecular formula is C8H10N2. The Hall–Kier alpha value is -1.23. The fourth-order valence-corrected chi connectivity index (χ4v) is 0.990. The van der Waals surface area contributed by atoms with Crippen LogP contribution in [0.2, 0.25) is 0 Å². The van der Waals surface area contributed by atoms with E-state index in [2.05, 4.69) is 6.07 Å². The second-order valence-electron chi connectivity index (χ2n) is 2.39. The van der Waals surface area contributed by atoms with Crippen LogP contribution in [0.25, 0.3) is 0 Å². The lowest BCUT2D eigenvalue weighted by atomic mass is 10.1. The summed E-state index contributed by atoms with van der Waals surface area (Å²) in [7, 11) is 1.95. The van der Waals surface area contributed by atoms with E-state index in [1.54, 1.807) is 0 Å². The minimum Gasteiger partial charge on any atom is -0.353 e. The van der Waals surface area contributed by atoms with E-state index >= 15 is 0 Å². The molecule has 0 amide bonds. The van der Waals surface area contributed by atoms with Gasteiger partial charge in [-0.2, -0.15) is 5.26 Å². The van der Waals surface area contributed by atoms with E-state index in [0.29, 0.717) is 0 Å². The molecule has 1 aromatic rings. The molecule has 0 saturated carbocycles. The molecule has 0 aliphatic carbocycles. The number of hydrogen-bond acceptors (Lipinski definition) is 1. The van der Waals surface area contributed by atoms with Crippen LogP contribution >= 0.6 is 0 Å². The van der Waals surface area contributed by atoms with Crippen molar-refractivity contribution in [1.29, 1.82) is 5.26 Å². The number of nitriles is 1. The summed E-state index contributed by atoms with van der Waals surface area (Å²) in [6.07, 6.45) is 1.95. The maximum atomic E-state index is 8.57. The smallest absolute Gasteiger partial charge is 0.0836 e. The Morgan fingerprint density at radius 1 is 1.70 bits per heavy atom. The molecule has 1 rings (SSSR count). The largest absolute Gasteiger partial charge is 0.353 e. The summed E-state index contributed by atoms with van der Waals surface area (Å²) in [6, 6.07) is 6.10. The molecule has 1 heterocycles. The van der Waals surface area contributed by atoms with Crippen LogP contribution in [0.5, 0.6) is 0 Å². The third-order valence-corrected chi connectivity index (χ3v) is 1.62. The van der Waals surface area contributed by atoms with Gasteiger partial charge in [-0.05, 0) is 19.1 Å². The van der Waals surface area contributed by atoms with Crippen molar-refractivity contribution in [3.05, 3.63) is 24.0 Å². The van der Waals surface area contributed by atoms with Gasteiger partial charge in [-0.25, -0.2) is 0 Å². The van der Waals surface area contributed by atoms with Crippen LogP contribution < -0.4 is 0 Å². The third-order valence-electron chi connectivity index (χ3n) is 1.62. The zero-order chi connectivity index (χ0) is 7.56. The highest BCUT2D eigenvalue weighted by molar-refractivity contribution is 5.17. The molecular weight excluding hydrogens is 124 g/mol. The summed E-state index contributed by atoms with van der Waals surface area (Å²) < 4.78 is 1.97. The molecule has 1 unspecified atom stereocenters. The van der Waals surface area contributed by atoms with E-state index in [4.69, 9.17) is 5.26 Å². The molecule has 0 fully saturated rings. The first-order chi connectivity index (χ1) is 4.75. The minimum atomic E-state index is -0.000000000000000666. The lowest BCUT2D eigenvalue weighted by Crippen LogP contribution is -1.97. The van der Waals surface area contributed by atoms with E-state index in [1.807, 2.05) is 36.9 Å². The van der Waals surface area contributed by atoms with Gasteiger partial charge in [0.15, 0.2) is 0 Å². The van der Waals surface area contributed by atoms with E-state index in [-0.39, 0.29) is 5.92 Å². The van der Waals surface area contributed by atoms with Crippen LogP contribution in [0, 0.1) is 11.3 Å². The van der Waals surface area contributed by atoms with Crippen molar-refractivity contribution in [2.45, 2.75) is 12.8 Å². The normalized spacial score (nSPS) is 12.5. The standard InChI is InChI=1S/C8H10N2/c1-7(6-9)8-4-3-5-10(8)2/h3-5,7H,1-2H3.